The largest absolute Gasteiger partial charge is 0.369 e. The number of imidazole rings is 1. The molecule has 0 aliphatic carbocycles. The Balaban J connectivity index is 0.000000720. The van der Waals surface area contributed by atoms with Crippen LogP contribution in [0.2, 0.25) is 0 Å². The van der Waals surface area contributed by atoms with Crippen LogP contribution < -0.4 is 5.73 Å². The standard InChI is InChI=1S/C8H9N3.HI/c1-11-7-5-3-2-4-6(7)10-8(11)9;/h2-5H,1H3,(H2,9,10);1H. The lowest BCUT2D eigenvalue weighted by Gasteiger charge is -1.93. The van der Waals surface area contributed by atoms with Gasteiger partial charge < -0.3 is 10.3 Å². The number of rotatable bonds is 0. The summed E-state index contributed by atoms with van der Waals surface area (Å²) in [6.45, 7) is 0. The number of fused-ring (bicyclic) bond motifs is 1. The second-order valence-corrected chi connectivity index (χ2v) is 2.52. The Morgan fingerprint density at radius 2 is 2.00 bits per heavy atom. The maximum absolute atomic E-state index is 5.60. The van der Waals surface area contributed by atoms with Crippen LogP contribution in [0.3, 0.4) is 0 Å². The SMILES string of the molecule is Cn1c(N)nc2ccccc21.I. The molecular weight excluding hydrogens is 265 g/mol. The molecule has 0 aliphatic heterocycles. The first-order chi connectivity index (χ1) is 5.29. The summed E-state index contributed by atoms with van der Waals surface area (Å²) in [5.74, 6) is 0.561. The molecule has 2 aromatic rings. The molecule has 0 saturated carbocycles. The van der Waals surface area contributed by atoms with E-state index in [2.05, 4.69) is 4.98 Å². The van der Waals surface area contributed by atoms with Gasteiger partial charge in [-0.1, -0.05) is 12.1 Å². The van der Waals surface area contributed by atoms with E-state index in [9.17, 15) is 0 Å². The second kappa shape index (κ2) is 3.30. The third kappa shape index (κ3) is 1.26. The van der Waals surface area contributed by atoms with E-state index in [1.165, 1.54) is 0 Å². The molecule has 0 spiro atoms. The number of anilines is 1. The molecule has 0 fully saturated rings. The molecule has 1 aromatic heterocycles. The first kappa shape index (κ1) is 9.31. The number of hydrogen-bond acceptors (Lipinski definition) is 2. The van der Waals surface area contributed by atoms with Gasteiger partial charge in [0.15, 0.2) is 0 Å². The number of benzene rings is 1. The number of hydrogen-bond donors (Lipinski definition) is 1. The highest BCUT2D eigenvalue weighted by atomic mass is 127. The Bertz CT molecular complexity index is 394. The number of para-hydroxylation sites is 2. The third-order valence-corrected chi connectivity index (χ3v) is 1.82. The van der Waals surface area contributed by atoms with Gasteiger partial charge in [-0.25, -0.2) is 4.98 Å². The molecule has 0 saturated heterocycles. The number of aromatic nitrogens is 2. The minimum absolute atomic E-state index is 0. The molecule has 0 atom stereocenters. The highest BCUT2D eigenvalue weighted by molar-refractivity contribution is 14.0. The topological polar surface area (TPSA) is 43.8 Å². The minimum Gasteiger partial charge on any atom is -0.369 e. The van der Waals surface area contributed by atoms with Crippen LogP contribution in [-0.4, -0.2) is 9.55 Å². The van der Waals surface area contributed by atoms with Crippen LogP contribution in [0.1, 0.15) is 0 Å². The lowest BCUT2D eigenvalue weighted by atomic mass is 10.3. The van der Waals surface area contributed by atoms with Gasteiger partial charge in [-0.3, -0.25) is 0 Å². The van der Waals surface area contributed by atoms with Gasteiger partial charge in [-0.15, -0.1) is 24.0 Å². The molecule has 12 heavy (non-hydrogen) atoms. The molecule has 0 unspecified atom stereocenters. The molecule has 0 amide bonds. The second-order valence-electron chi connectivity index (χ2n) is 2.52. The molecule has 4 heteroatoms. The van der Waals surface area contributed by atoms with Crippen molar-refractivity contribution in [3.63, 3.8) is 0 Å². The van der Waals surface area contributed by atoms with Gasteiger partial charge in [0.25, 0.3) is 0 Å². The van der Waals surface area contributed by atoms with E-state index in [0.717, 1.165) is 11.0 Å². The zero-order chi connectivity index (χ0) is 7.84. The zero-order valence-corrected chi connectivity index (χ0v) is 9.02. The van der Waals surface area contributed by atoms with Crippen molar-refractivity contribution in [1.82, 2.24) is 9.55 Å². The van der Waals surface area contributed by atoms with Crippen molar-refractivity contribution in [2.24, 2.45) is 7.05 Å². The van der Waals surface area contributed by atoms with Gasteiger partial charge >= 0.3 is 0 Å². The molecule has 0 bridgehead atoms. The predicted octanol–water partition coefficient (Wildman–Crippen LogP) is 1.77. The fourth-order valence-corrected chi connectivity index (χ4v) is 1.16. The quantitative estimate of drug-likeness (QED) is 0.745. The van der Waals surface area contributed by atoms with E-state index >= 15 is 0 Å². The summed E-state index contributed by atoms with van der Waals surface area (Å²) in [6.07, 6.45) is 0. The third-order valence-electron chi connectivity index (χ3n) is 1.82. The summed E-state index contributed by atoms with van der Waals surface area (Å²) in [5, 5.41) is 0. The molecule has 2 rings (SSSR count). The maximum atomic E-state index is 5.60. The van der Waals surface area contributed by atoms with Crippen LogP contribution in [0.5, 0.6) is 0 Å². The normalized spacial score (nSPS) is 9.75. The van der Waals surface area contributed by atoms with Crippen LogP contribution in [0.25, 0.3) is 11.0 Å². The van der Waals surface area contributed by atoms with E-state index in [4.69, 9.17) is 5.73 Å². The number of nitrogens with two attached hydrogens (primary N) is 1. The van der Waals surface area contributed by atoms with Crippen molar-refractivity contribution in [2.45, 2.75) is 0 Å². The first-order valence-corrected chi connectivity index (χ1v) is 3.46. The van der Waals surface area contributed by atoms with Gasteiger partial charge in [0.2, 0.25) is 5.95 Å². The summed E-state index contributed by atoms with van der Waals surface area (Å²) in [5.41, 5.74) is 7.63. The van der Waals surface area contributed by atoms with Gasteiger partial charge in [-0.2, -0.15) is 0 Å². The number of halogens is 1. The van der Waals surface area contributed by atoms with Crippen LogP contribution in [0.15, 0.2) is 24.3 Å². The minimum atomic E-state index is 0. The fourth-order valence-electron chi connectivity index (χ4n) is 1.16. The summed E-state index contributed by atoms with van der Waals surface area (Å²) >= 11 is 0. The summed E-state index contributed by atoms with van der Waals surface area (Å²) in [7, 11) is 1.91. The Kier molecular flexibility index (Phi) is 2.56. The molecule has 3 nitrogen and oxygen atoms in total. The summed E-state index contributed by atoms with van der Waals surface area (Å²) in [4.78, 5) is 4.15. The molecule has 0 radical (unpaired) electrons. The van der Waals surface area contributed by atoms with Crippen molar-refractivity contribution >= 4 is 41.0 Å². The molecule has 1 heterocycles. The lowest BCUT2D eigenvalue weighted by Crippen LogP contribution is -1.95. The molecule has 0 aliphatic rings. The van der Waals surface area contributed by atoms with E-state index < -0.39 is 0 Å². The lowest BCUT2D eigenvalue weighted by molar-refractivity contribution is 0.965. The Morgan fingerprint density at radius 1 is 1.33 bits per heavy atom. The first-order valence-electron chi connectivity index (χ1n) is 3.46. The van der Waals surface area contributed by atoms with E-state index in [1.54, 1.807) is 0 Å². The average Bonchev–Trinajstić information content (AvgIpc) is 2.30. The zero-order valence-electron chi connectivity index (χ0n) is 6.69. The van der Waals surface area contributed by atoms with Crippen LogP contribution in [0.4, 0.5) is 5.95 Å². The number of nitrogens with zero attached hydrogens (tertiary/aromatic N) is 2. The summed E-state index contributed by atoms with van der Waals surface area (Å²) < 4.78 is 1.87. The van der Waals surface area contributed by atoms with Crippen molar-refractivity contribution in [3.05, 3.63) is 24.3 Å². The molecule has 64 valence electrons. The predicted molar refractivity (Wildman–Crippen MR) is 60.5 cm³/mol. The van der Waals surface area contributed by atoms with E-state index in [1.807, 2.05) is 35.9 Å². The molecule has 1 aromatic carbocycles. The van der Waals surface area contributed by atoms with E-state index in [-0.39, 0.29) is 24.0 Å². The number of aryl methyl sites for hydroxylation is 1. The maximum Gasteiger partial charge on any atom is 0.200 e. The van der Waals surface area contributed by atoms with Gasteiger partial charge in [0.1, 0.15) is 0 Å². The molecule has 2 N–H and O–H groups in total. The monoisotopic (exact) mass is 275 g/mol. The van der Waals surface area contributed by atoms with Crippen molar-refractivity contribution in [3.8, 4) is 0 Å². The van der Waals surface area contributed by atoms with Crippen molar-refractivity contribution < 1.29 is 0 Å². The van der Waals surface area contributed by atoms with Gasteiger partial charge in [0, 0.05) is 7.05 Å². The van der Waals surface area contributed by atoms with Crippen LogP contribution >= 0.6 is 24.0 Å². The highest BCUT2D eigenvalue weighted by Crippen LogP contribution is 2.14. The fraction of sp³-hybridized carbons (Fsp3) is 0.125. The van der Waals surface area contributed by atoms with Crippen LogP contribution in [-0.2, 0) is 7.05 Å². The Morgan fingerprint density at radius 3 is 2.67 bits per heavy atom. The Labute approximate surface area is 87.6 Å². The Hall–Kier alpha value is -0.780. The van der Waals surface area contributed by atoms with Crippen molar-refractivity contribution in [2.75, 3.05) is 5.73 Å². The molecular formula is C8H10IN3. The van der Waals surface area contributed by atoms with E-state index in [0.29, 0.717) is 5.95 Å². The highest BCUT2D eigenvalue weighted by Gasteiger charge is 2.00. The van der Waals surface area contributed by atoms with Crippen LogP contribution in [0, 0.1) is 0 Å². The average molecular weight is 275 g/mol. The summed E-state index contributed by atoms with van der Waals surface area (Å²) in [6, 6.07) is 7.88. The smallest absolute Gasteiger partial charge is 0.200 e. The van der Waals surface area contributed by atoms with Gasteiger partial charge in [-0.05, 0) is 12.1 Å². The van der Waals surface area contributed by atoms with Crippen molar-refractivity contribution in [1.29, 1.82) is 0 Å². The number of nitrogen functional groups attached to an aromatic ring is 1. The van der Waals surface area contributed by atoms with Gasteiger partial charge in [0.05, 0.1) is 11.0 Å².